The van der Waals surface area contributed by atoms with Crippen molar-refractivity contribution in [3.8, 4) is 16.9 Å². The highest BCUT2D eigenvalue weighted by molar-refractivity contribution is 6.30. The molecule has 0 unspecified atom stereocenters. The van der Waals surface area contributed by atoms with Crippen molar-refractivity contribution in [2.75, 3.05) is 0 Å². The summed E-state index contributed by atoms with van der Waals surface area (Å²) in [5.41, 5.74) is 5.92. The van der Waals surface area contributed by atoms with Crippen molar-refractivity contribution in [1.29, 1.82) is 0 Å². The second-order valence-corrected chi connectivity index (χ2v) is 9.45. The van der Waals surface area contributed by atoms with Crippen molar-refractivity contribution in [1.82, 2.24) is 14.0 Å². The standard InChI is InChI=1S/C26H26ClN3O3/c1-14(2)33-22-7-6-18(27)10-19(22)20-11-21(31)24-25(20)30-13-16(5-8-23(30)28-24)17-9-15(3)26(32)29(4)12-17/h5-10,12-14,20-21,31H,11H2,1-4H3/t20-,21-/m1/s1. The second kappa shape index (κ2) is 8.04. The number of hydrogen-bond donors (Lipinski definition) is 1. The molecule has 2 atom stereocenters. The highest BCUT2D eigenvalue weighted by Crippen LogP contribution is 2.47. The summed E-state index contributed by atoms with van der Waals surface area (Å²) in [7, 11) is 1.76. The molecule has 3 aromatic heterocycles. The van der Waals surface area contributed by atoms with Gasteiger partial charge in [0.05, 0.1) is 23.6 Å². The van der Waals surface area contributed by atoms with Gasteiger partial charge in [-0.05, 0) is 74.7 Å². The van der Waals surface area contributed by atoms with Gasteiger partial charge in [-0.25, -0.2) is 4.98 Å². The van der Waals surface area contributed by atoms with Gasteiger partial charge in [0.15, 0.2) is 0 Å². The normalized spacial score (nSPS) is 17.7. The highest BCUT2D eigenvalue weighted by Gasteiger charge is 2.37. The first-order valence-electron chi connectivity index (χ1n) is 11.1. The van der Waals surface area contributed by atoms with E-state index in [4.69, 9.17) is 21.3 Å². The van der Waals surface area contributed by atoms with Crippen LogP contribution in [-0.4, -0.2) is 25.2 Å². The maximum atomic E-state index is 12.1. The minimum Gasteiger partial charge on any atom is -0.491 e. The molecule has 33 heavy (non-hydrogen) atoms. The van der Waals surface area contributed by atoms with Crippen LogP contribution in [-0.2, 0) is 7.05 Å². The van der Waals surface area contributed by atoms with Gasteiger partial charge in [0, 0.05) is 41.5 Å². The number of nitrogens with zero attached hydrogens (tertiary/aromatic N) is 3. The lowest BCUT2D eigenvalue weighted by molar-refractivity contribution is 0.171. The largest absolute Gasteiger partial charge is 0.491 e. The SMILES string of the molecule is Cc1cc(-c2ccc3nc4c(n3c2)[C@@H](c2cc(Cl)ccc2OC(C)C)C[C@H]4O)cn(C)c1=O. The number of aryl methyl sites for hydroxylation is 2. The molecule has 0 saturated heterocycles. The van der Waals surface area contributed by atoms with E-state index in [-0.39, 0.29) is 17.6 Å². The molecule has 0 fully saturated rings. The predicted octanol–water partition coefficient (Wildman–Crippen LogP) is 5.02. The number of ether oxygens (including phenoxy) is 1. The Balaban J connectivity index is 1.69. The minimum absolute atomic E-state index is 0.00910. The number of aromatic nitrogens is 3. The van der Waals surface area contributed by atoms with Gasteiger partial charge in [0.25, 0.3) is 5.56 Å². The molecule has 3 heterocycles. The zero-order valence-corrected chi connectivity index (χ0v) is 19.8. The van der Waals surface area contributed by atoms with E-state index < -0.39 is 6.10 Å². The monoisotopic (exact) mass is 463 g/mol. The highest BCUT2D eigenvalue weighted by atomic mass is 35.5. The molecule has 0 saturated carbocycles. The number of halogens is 1. The average Bonchev–Trinajstić information content (AvgIpc) is 3.29. The van der Waals surface area contributed by atoms with E-state index in [0.29, 0.717) is 22.7 Å². The summed E-state index contributed by atoms with van der Waals surface area (Å²) in [5.74, 6) is 0.647. The number of aliphatic hydroxyl groups excluding tert-OH is 1. The molecule has 1 aromatic carbocycles. The topological polar surface area (TPSA) is 68.8 Å². The van der Waals surface area contributed by atoms with Crippen LogP contribution < -0.4 is 10.3 Å². The smallest absolute Gasteiger partial charge is 0.253 e. The first kappa shape index (κ1) is 21.7. The zero-order valence-electron chi connectivity index (χ0n) is 19.0. The molecule has 5 rings (SSSR count). The predicted molar refractivity (Wildman–Crippen MR) is 129 cm³/mol. The van der Waals surface area contributed by atoms with Crippen LogP contribution in [0.15, 0.2) is 53.6 Å². The van der Waals surface area contributed by atoms with Crippen LogP contribution in [0.2, 0.25) is 5.02 Å². The Hall–Kier alpha value is -3.09. The molecule has 6 nitrogen and oxygen atoms in total. The summed E-state index contributed by atoms with van der Waals surface area (Å²) in [5, 5.41) is 11.5. The summed E-state index contributed by atoms with van der Waals surface area (Å²) in [4.78, 5) is 16.9. The number of pyridine rings is 2. The van der Waals surface area contributed by atoms with Crippen LogP contribution in [0.25, 0.3) is 16.8 Å². The Morgan fingerprint density at radius 2 is 1.94 bits per heavy atom. The minimum atomic E-state index is -0.668. The van der Waals surface area contributed by atoms with Gasteiger partial charge in [-0.3, -0.25) is 4.79 Å². The Morgan fingerprint density at radius 1 is 1.15 bits per heavy atom. The molecule has 0 bridgehead atoms. The van der Waals surface area contributed by atoms with Crippen LogP contribution >= 0.6 is 11.6 Å². The van der Waals surface area contributed by atoms with E-state index in [9.17, 15) is 9.90 Å². The molecule has 1 N–H and O–H groups in total. The van der Waals surface area contributed by atoms with Gasteiger partial charge >= 0.3 is 0 Å². The first-order valence-corrected chi connectivity index (χ1v) is 11.4. The maximum absolute atomic E-state index is 12.1. The van der Waals surface area contributed by atoms with Crippen LogP contribution in [0.3, 0.4) is 0 Å². The molecular formula is C26H26ClN3O3. The molecule has 170 valence electrons. The van der Waals surface area contributed by atoms with Crippen LogP contribution in [0, 0.1) is 6.92 Å². The molecule has 1 aliphatic rings. The van der Waals surface area contributed by atoms with Crippen LogP contribution in [0.1, 0.15) is 54.8 Å². The van der Waals surface area contributed by atoms with Gasteiger partial charge in [-0.15, -0.1) is 0 Å². The molecule has 0 aliphatic heterocycles. The number of benzene rings is 1. The van der Waals surface area contributed by atoms with Crippen molar-refractivity contribution >= 4 is 17.2 Å². The third-order valence-electron chi connectivity index (χ3n) is 6.19. The fourth-order valence-corrected chi connectivity index (χ4v) is 4.93. The number of rotatable bonds is 4. The van der Waals surface area contributed by atoms with Crippen molar-refractivity contribution < 1.29 is 9.84 Å². The Bertz CT molecular complexity index is 1410. The van der Waals surface area contributed by atoms with E-state index in [0.717, 1.165) is 33.8 Å². The summed E-state index contributed by atoms with van der Waals surface area (Å²) < 4.78 is 9.73. The van der Waals surface area contributed by atoms with E-state index in [1.807, 2.05) is 74.0 Å². The van der Waals surface area contributed by atoms with E-state index in [1.165, 1.54) is 0 Å². The number of imidazole rings is 1. The molecule has 1 aliphatic carbocycles. The number of fused-ring (bicyclic) bond motifs is 3. The lowest BCUT2D eigenvalue weighted by atomic mass is 9.95. The van der Waals surface area contributed by atoms with Crippen molar-refractivity contribution in [3.05, 3.63) is 86.7 Å². The maximum Gasteiger partial charge on any atom is 0.253 e. The van der Waals surface area contributed by atoms with E-state index >= 15 is 0 Å². The van der Waals surface area contributed by atoms with Crippen LogP contribution in [0.5, 0.6) is 5.75 Å². The fourth-order valence-electron chi connectivity index (χ4n) is 4.75. The Morgan fingerprint density at radius 3 is 2.67 bits per heavy atom. The van der Waals surface area contributed by atoms with Gasteiger partial charge in [0.1, 0.15) is 11.4 Å². The molecule has 0 amide bonds. The van der Waals surface area contributed by atoms with Gasteiger partial charge in [-0.1, -0.05) is 11.6 Å². The van der Waals surface area contributed by atoms with Crippen LogP contribution in [0.4, 0.5) is 0 Å². The lowest BCUT2D eigenvalue weighted by Crippen LogP contribution is -2.18. The summed E-state index contributed by atoms with van der Waals surface area (Å²) >= 11 is 6.37. The van der Waals surface area contributed by atoms with Gasteiger partial charge < -0.3 is 18.8 Å². The molecule has 0 radical (unpaired) electrons. The van der Waals surface area contributed by atoms with Crippen molar-refractivity contribution in [2.45, 2.75) is 45.3 Å². The average molecular weight is 464 g/mol. The zero-order chi connectivity index (χ0) is 23.4. The van der Waals surface area contributed by atoms with E-state index in [2.05, 4.69) is 0 Å². The van der Waals surface area contributed by atoms with Crippen molar-refractivity contribution in [2.24, 2.45) is 7.05 Å². The fraction of sp³-hybridized carbons (Fsp3) is 0.308. The Labute approximate surface area is 197 Å². The molecule has 0 spiro atoms. The molecule has 7 heteroatoms. The van der Waals surface area contributed by atoms with Gasteiger partial charge in [-0.2, -0.15) is 0 Å². The van der Waals surface area contributed by atoms with Gasteiger partial charge in [0.2, 0.25) is 0 Å². The number of hydrogen-bond acceptors (Lipinski definition) is 4. The quantitative estimate of drug-likeness (QED) is 0.461. The van der Waals surface area contributed by atoms with Crippen molar-refractivity contribution in [3.63, 3.8) is 0 Å². The molecule has 4 aromatic rings. The first-order chi connectivity index (χ1) is 15.7. The summed E-state index contributed by atoms with van der Waals surface area (Å²) in [6, 6.07) is 11.5. The Kier molecular flexibility index (Phi) is 5.30. The lowest BCUT2D eigenvalue weighted by Gasteiger charge is -2.20. The number of aliphatic hydroxyl groups is 1. The summed E-state index contributed by atoms with van der Waals surface area (Å²) in [6.07, 6.45) is 3.72. The third-order valence-corrected chi connectivity index (χ3v) is 6.43. The third kappa shape index (κ3) is 3.73. The summed E-state index contributed by atoms with van der Waals surface area (Å²) in [6.45, 7) is 5.80. The van der Waals surface area contributed by atoms with E-state index in [1.54, 1.807) is 11.6 Å². The second-order valence-electron chi connectivity index (χ2n) is 9.01. The molecular weight excluding hydrogens is 438 g/mol.